The summed E-state index contributed by atoms with van der Waals surface area (Å²) in [5.41, 5.74) is 16.3. The van der Waals surface area contributed by atoms with Crippen LogP contribution >= 0.6 is 0 Å². The minimum Gasteiger partial charge on any atom is -0.387 e. The molecule has 0 saturated carbocycles. The minimum absolute atomic E-state index is 0.852. The van der Waals surface area contributed by atoms with Gasteiger partial charge in [-0.3, -0.25) is 0 Å². The van der Waals surface area contributed by atoms with Crippen LogP contribution in [0.15, 0.2) is 188 Å². The summed E-state index contributed by atoms with van der Waals surface area (Å²) >= 11 is 0. The molecule has 3 heterocycles. The number of nitrogens with one attached hydrogen (secondary N) is 1. The van der Waals surface area contributed by atoms with Gasteiger partial charge >= 0.3 is 0 Å². The Labute approximate surface area is 315 Å². The highest BCUT2D eigenvalue weighted by atomic mass is 15.2. The van der Waals surface area contributed by atoms with Crippen LogP contribution < -0.4 is 10.2 Å². The van der Waals surface area contributed by atoms with E-state index in [1.54, 1.807) is 0 Å². The van der Waals surface area contributed by atoms with Crippen molar-refractivity contribution in [2.45, 2.75) is 12.8 Å². The van der Waals surface area contributed by atoms with E-state index in [-0.39, 0.29) is 0 Å². The Kier molecular flexibility index (Phi) is 7.06. The van der Waals surface area contributed by atoms with Gasteiger partial charge in [-0.25, -0.2) is 0 Å². The predicted molar refractivity (Wildman–Crippen MR) is 228 cm³/mol. The highest BCUT2D eigenvalue weighted by Gasteiger charge is 2.32. The van der Waals surface area contributed by atoms with Gasteiger partial charge in [0.05, 0.1) is 16.9 Å². The molecule has 54 heavy (non-hydrogen) atoms. The first-order valence-electron chi connectivity index (χ1n) is 18.9. The zero-order valence-electron chi connectivity index (χ0n) is 29.8. The Balaban J connectivity index is 1.05. The molecule has 0 fully saturated rings. The van der Waals surface area contributed by atoms with Crippen LogP contribution in [0.25, 0.3) is 71.7 Å². The SMILES string of the molecule is C1=CNCC(c2ccc3ccc(-c4ccc5cc(N6C7=C(CCC=C7)c7c(n(-c8ccccc8)c8ccccc78)-c7ccccc76)ccc5c4)cc3c2)=C1. The summed E-state index contributed by atoms with van der Waals surface area (Å²) in [5, 5.41) is 9.61. The molecule has 0 atom stereocenters. The standard InChI is InChI=1S/C51H37N3/c1-2-12-42(13-3-1)54-48-18-8-5-15-45(48)50-44-14-4-7-17-47(44)53(49-19-9-6-16-46(49)51(50)54)43-27-26-37-29-35(24-25-39(37)32-43)36-22-20-34-21-23-38(31-41(34)30-36)40-11-10-28-52-33-40/h1-3,5-13,15-32,52H,4,14,33H2. The number of rotatable bonds is 4. The Morgan fingerprint density at radius 2 is 1.30 bits per heavy atom. The highest BCUT2D eigenvalue weighted by Crippen LogP contribution is 2.52. The van der Waals surface area contributed by atoms with Crippen molar-refractivity contribution in [3.05, 3.63) is 199 Å². The number of dihydropyridines is 1. The Morgan fingerprint density at radius 1 is 0.574 bits per heavy atom. The normalized spacial score (nSPS) is 14.8. The van der Waals surface area contributed by atoms with E-state index in [2.05, 4.69) is 191 Å². The van der Waals surface area contributed by atoms with Crippen molar-refractivity contribution in [2.75, 3.05) is 11.4 Å². The van der Waals surface area contributed by atoms with E-state index in [1.807, 2.05) is 6.20 Å². The van der Waals surface area contributed by atoms with Gasteiger partial charge in [0.1, 0.15) is 0 Å². The zero-order chi connectivity index (χ0) is 35.6. The molecule has 0 saturated heterocycles. The molecule has 1 aliphatic carbocycles. The van der Waals surface area contributed by atoms with Gasteiger partial charge in [0, 0.05) is 40.1 Å². The van der Waals surface area contributed by atoms with Crippen LogP contribution in [0.3, 0.4) is 0 Å². The van der Waals surface area contributed by atoms with Crippen LogP contribution in [0.5, 0.6) is 0 Å². The van der Waals surface area contributed by atoms with Gasteiger partial charge in [0.2, 0.25) is 0 Å². The smallest absolute Gasteiger partial charge is 0.0638 e. The summed E-state index contributed by atoms with van der Waals surface area (Å²) in [5.74, 6) is 0. The molecule has 2 aliphatic heterocycles. The second-order valence-electron chi connectivity index (χ2n) is 14.5. The molecule has 256 valence electrons. The number of anilines is 2. The fourth-order valence-corrected chi connectivity index (χ4v) is 8.87. The molecule has 7 aromatic carbocycles. The average molecular weight is 692 g/mol. The van der Waals surface area contributed by atoms with Crippen LogP contribution in [0.2, 0.25) is 0 Å². The van der Waals surface area contributed by atoms with Gasteiger partial charge < -0.3 is 14.8 Å². The maximum atomic E-state index is 3.34. The lowest BCUT2D eigenvalue weighted by molar-refractivity contribution is 0.986. The second-order valence-corrected chi connectivity index (χ2v) is 14.5. The molecular formula is C51H37N3. The van der Waals surface area contributed by atoms with Crippen LogP contribution in [-0.4, -0.2) is 11.1 Å². The molecule has 1 N–H and O–H groups in total. The molecular weight excluding hydrogens is 655 g/mol. The quantitative estimate of drug-likeness (QED) is 0.198. The van der Waals surface area contributed by atoms with Crippen LogP contribution in [0.1, 0.15) is 24.0 Å². The van der Waals surface area contributed by atoms with Crippen molar-refractivity contribution in [1.82, 2.24) is 9.88 Å². The number of aromatic nitrogens is 1. The number of fused-ring (bicyclic) bond motifs is 8. The summed E-state index contributed by atoms with van der Waals surface area (Å²) in [4.78, 5) is 2.51. The maximum absolute atomic E-state index is 3.34. The van der Waals surface area contributed by atoms with Gasteiger partial charge in [0.25, 0.3) is 0 Å². The number of para-hydroxylation sites is 3. The van der Waals surface area contributed by atoms with Gasteiger partial charge in [-0.15, -0.1) is 0 Å². The molecule has 11 rings (SSSR count). The van der Waals surface area contributed by atoms with Crippen LogP contribution in [-0.2, 0) is 0 Å². The molecule has 0 bridgehead atoms. The van der Waals surface area contributed by atoms with Crippen LogP contribution in [0.4, 0.5) is 11.4 Å². The Hall–Kier alpha value is -6.84. The second kappa shape index (κ2) is 12.4. The number of allylic oxidation sites excluding steroid dienone is 5. The molecule has 3 heteroatoms. The van der Waals surface area contributed by atoms with Gasteiger partial charge in [-0.1, -0.05) is 109 Å². The third-order valence-electron chi connectivity index (χ3n) is 11.4. The molecule has 0 unspecified atom stereocenters. The largest absolute Gasteiger partial charge is 0.387 e. The third kappa shape index (κ3) is 4.89. The van der Waals surface area contributed by atoms with Crippen molar-refractivity contribution in [1.29, 1.82) is 0 Å². The summed E-state index contributed by atoms with van der Waals surface area (Å²) in [6, 6.07) is 56.2. The van der Waals surface area contributed by atoms with Crippen molar-refractivity contribution in [2.24, 2.45) is 0 Å². The van der Waals surface area contributed by atoms with E-state index in [0.717, 1.165) is 19.4 Å². The molecule has 1 aromatic heterocycles. The topological polar surface area (TPSA) is 20.2 Å². The highest BCUT2D eigenvalue weighted by molar-refractivity contribution is 6.08. The molecule has 8 aromatic rings. The van der Waals surface area contributed by atoms with Gasteiger partial charge in [-0.2, -0.15) is 0 Å². The van der Waals surface area contributed by atoms with Gasteiger partial charge in [-0.05, 0) is 135 Å². The maximum Gasteiger partial charge on any atom is 0.0638 e. The fraction of sp³-hybridized carbons (Fsp3) is 0.0588. The summed E-state index contributed by atoms with van der Waals surface area (Å²) in [6.07, 6.45) is 13.0. The first-order chi connectivity index (χ1) is 26.8. The predicted octanol–water partition coefficient (Wildman–Crippen LogP) is 13.0. The van der Waals surface area contributed by atoms with Crippen molar-refractivity contribution >= 4 is 55.0 Å². The average Bonchev–Trinajstić information content (AvgIpc) is 3.53. The molecule has 3 nitrogen and oxygen atoms in total. The summed E-state index contributed by atoms with van der Waals surface area (Å²) in [7, 11) is 0. The number of nitrogens with zero attached hydrogens (tertiary/aromatic N) is 2. The minimum atomic E-state index is 0.852. The lowest BCUT2D eigenvalue weighted by atomic mass is 9.92. The van der Waals surface area contributed by atoms with Crippen LogP contribution in [0, 0.1) is 0 Å². The van der Waals surface area contributed by atoms with E-state index in [1.165, 1.54) is 99.9 Å². The van der Waals surface area contributed by atoms with E-state index < -0.39 is 0 Å². The van der Waals surface area contributed by atoms with Crippen molar-refractivity contribution in [3.8, 4) is 28.1 Å². The number of hydrogen-bond donors (Lipinski definition) is 1. The Bertz CT molecular complexity index is 2940. The van der Waals surface area contributed by atoms with Crippen molar-refractivity contribution in [3.63, 3.8) is 0 Å². The summed E-state index contributed by atoms with van der Waals surface area (Å²) in [6.45, 7) is 0.852. The monoisotopic (exact) mass is 691 g/mol. The lowest BCUT2D eigenvalue weighted by Crippen LogP contribution is -2.17. The molecule has 0 amide bonds. The lowest BCUT2D eigenvalue weighted by Gasteiger charge is -2.30. The van der Waals surface area contributed by atoms with E-state index in [9.17, 15) is 0 Å². The number of benzene rings is 7. The Morgan fingerprint density at radius 3 is 2.17 bits per heavy atom. The molecule has 3 aliphatic rings. The number of hydrogen-bond acceptors (Lipinski definition) is 2. The van der Waals surface area contributed by atoms with E-state index in [4.69, 9.17) is 0 Å². The third-order valence-corrected chi connectivity index (χ3v) is 11.4. The molecule has 0 radical (unpaired) electrons. The van der Waals surface area contributed by atoms with Gasteiger partial charge in [0.15, 0.2) is 0 Å². The fourth-order valence-electron chi connectivity index (χ4n) is 8.87. The van der Waals surface area contributed by atoms with E-state index >= 15 is 0 Å². The first kappa shape index (κ1) is 30.8. The summed E-state index contributed by atoms with van der Waals surface area (Å²) < 4.78 is 2.48. The molecule has 0 spiro atoms. The van der Waals surface area contributed by atoms with E-state index in [0.29, 0.717) is 0 Å². The zero-order valence-corrected chi connectivity index (χ0v) is 29.8. The first-order valence-corrected chi connectivity index (χ1v) is 18.9. The van der Waals surface area contributed by atoms with Crippen molar-refractivity contribution < 1.29 is 0 Å².